The fourth-order valence-corrected chi connectivity index (χ4v) is 4.85. The Labute approximate surface area is 142 Å². The third kappa shape index (κ3) is 2.99. The first-order chi connectivity index (χ1) is 10.9. The summed E-state index contributed by atoms with van der Waals surface area (Å²) in [6.45, 7) is 2.46. The van der Waals surface area contributed by atoms with Gasteiger partial charge in [0.25, 0.3) is 15.9 Å². The van der Waals surface area contributed by atoms with E-state index in [1.165, 1.54) is 12.1 Å². The molecule has 0 bridgehead atoms. The molecule has 1 amide bonds. The van der Waals surface area contributed by atoms with Crippen molar-refractivity contribution in [3.8, 4) is 0 Å². The summed E-state index contributed by atoms with van der Waals surface area (Å²) in [6.07, 6.45) is 0. The highest BCUT2D eigenvalue weighted by molar-refractivity contribution is 7.92. The Morgan fingerprint density at radius 2 is 2.00 bits per heavy atom. The van der Waals surface area contributed by atoms with Crippen LogP contribution in [0.15, 0.2) is 46.7 Å². The molecule has 0 unspecified atom stereocenters. The van der Waals surface area contributed by atoms with Crippen molar-refractivity contribution in [3.63, 3.8) is 0 Å². The maximum Gasteiger partial charge on any atom is 0.281 e. The molecule has 1 aromatic carbocycles. The Kier molecular flexibility index (Phi) is 4.18. The van der Waals surface area contributed by atoms with E-state index in [2.05, 4.69) is 4.72 Å². The molecule has 0 aliphatic carbocycles. The summed E-state index contributed by atoms with van der Waals surface area (Å²) in [5, 5.41) is 0.885. The number of nitrogens with one attached hydrogen (secondary N) is 1. The molecule has 0 radical (unpaired) electrons. The molecule has 0 aliphatic rings. The van der Waals surface area contributed by atoms with Crippen molar-refractivity contribution < 1.29 is 13.2 Å². The summed E-state index contributed by atoms with van der Waals surface area (Å²) < 4.78 is 28.7. The number of para-hydroxylation sites is 1. The molecule has 0 saturated heterocycles. The smallest absolute Gasteiger partial charge is 0.281 e. The van der Waals surface area contributed by atoms with Gasteiger partial charge in [-0.05, 0) is 31.2 Å². The second-order valence-electron chi connectivity index (χ2n) is 4.83. The molecule has 3 aromatic rings. The molecule has 0 spiro atoms. The van der Waals surface area contributed by atoms with Crippen LogP contribution in [0.2, 0.25) is 4.34 Å². The lowest BCUT2D eigenvalue weighted by atomic mass is 10.2. The van der Waals surface area contributed by atoms with Crippen LogP contribution in [0.1, 0.15) is 17.4 Å². The number of sulfonamides is 1. The Morgan fingerprint density at radius 3 is 2.65 bits per heavy atom. The van der Waals surface area contributed by atoms with Gasteiger partial charge in [0, 0.05) is 17.4 Å². The minimum Gasteiger partial charge on any atom is -0.337 e. The molecular formula is C15H13ClN2O3S2. The fourth-order valence-electron chi connectivity index (χ4n) is 2.41. The summed E-state index contributed by atoms with van der Waals surface area (Å²) in [5.74, 6) is -0.660. The zero-order valence-corrected chi connectivity index (χ0v) is 14.5. The van der Waals surface area contributed by atoms with Gasteiger partial charge in [-0.2, -0.15) is 0 Å². The number of aromatic nitrogens is 1. The van der Waals surface area contributed by atoms with Gasteiger partial charge in [-0.15, -0.1) is 11.3 Å². The Hall–Kier alpha value is -1.83. The van der Waals surface area contributed by atoms with E-state index in [1.54, 1.807) is 10.6 Å². The summed E-state index contributed by atoms with van der Waals surface area (Å²) >= 11 is 6.66. The van der Waals surface area contributed by atoms with Crippen LogP contribution in [0.25, 0.3) is 10.9 Å². The molecule has 2 aromatic heterocycles. The lowest BCUT2D eigenvalue weighted by Gasteiger charge is -2.08. The molecule has 0 atom stereocenters. The van der Waals surface area contributed by atoms with Crippen LogP contribution in [0.4, 0.5) is 0 Å². The van der Waals surface area contributed by atoms with Crippen LogP contribution in [-0.2, 0) is 16.6 Å². The third-order valence-electron chi connectivity index (χ3n) is 3.40. The first-order valence-corrected chi connectivity index (χ1v) is 9.51. The van der Waals surface area contributed by atoms with Crippen molar-refractivity contribution in [1.82, 2.24) is 9.29 Å². The molecule has 1 N–H and O–H groups in total. The van der Waals surface area contributed by atoms with Gasteiger partial charge in [0.1, 0.15) is 9.90 Å². The number of amides is 1. The van der Waals surface area contributed by atoms with Gasteiger partial charge in [-0.1, -0.05) is 29.8 Å². The van der Waals surface area contributed by atoms with E-state index in [1.807, 2.05) is 31.2 Å². The summed E-state index contributed by atoms with van der Waals surface area (Å²) in [5.41, 5.74) is 1.19. The maximum absolute atomic E-state index is 12.5. The molecule has 120 valence electrons. The van der Waals surface area contributed by atoms with E-state index in [0.29, 0.717) is 16.6 Å². The summed E-state index contributed by atoms with van der Waals surface area (Å²) in [4.78, 5) is 12.5. The van der Waals surface area contributed by atoms with Crippen LogP contribution in [-0.4, -0.2) is 18.9 Å². The summed E-state index contributed by atoms with van der Waals surface area (Å²) in [7, 11) is -3.93. The topological polar surface area (TPSA) is 68.2 Å². The normalized spacial score (nSPS) is 11.7. The number of thiophene rings is 1. The molecule has 3 rings (SSSR count). The number of benzene rings is 1. The average Bonchev–Trinajstić information content (AvgIpc) is 3.10. The number of carbonyl (C=O) groups excluding carboxylic acids is 1. The van der Waals surface area contributed by atoms with E-state index >= 15 is 0 Å². The molecule has 0 aliphatic heterocycles. The highest BCUT2D eigenvalue weighted by atomic mass is 35.5. The molecule has 23 heavy (non-hydrogen) atoms. The van der Waals surface area contributed by atoms with Gasteiger partial charge in [0.05, 0.1) is 4.34 Å². The number of hydrogen-bond donors (Lipinski definition) is 1. The predicted octanol–water partition coefficient (Wildman–Crippen LogP) is 3.49. The molecule has 2 heterocycles. The van der Waals surface area contributed by atoms with Crippen LogP contribution >= 0.6 is 22.9 Å². The Morgan fingerprint density at radius 1 is 1.26 bits per heavy atom. The predicted molar refractivity (Wildman–Crippen MR) is 91.6 cm³/mol. The number of rotatable bonds is 4. The number of hydrogen-bond acceptors (Lipinski definition) is 4. The largest absolute Gasteiger partial charge is 0.337 e. The fraction of sp³-hybridized carbons (Fsp3) is 0.133. The minimum absolute atomic E-state index is 0.00927. The van der Waals surface area contributed by atoms with Crippen molar-refractivity contribution in [2.24, 2.45) is 0 Å². The Balaban J connectivity index is 1.98. The SMILES string of the molecule is CCn1c(C(=O)NS(=O)(=O)c2ccc(Cl)s2)cc2ccccc21. The number of carbonyl (C=O) groups is 1. The van der Waals surface area contributed by atoms with Gasteiger partial charge in [-0.3, -0.25) is 4.79 Å². The molecule has 5 nitrogen and oxygen atoms in total. The van der Waals surface area contributed by atoms with Crippen molar-refractivity contribution in [2.45, 2.75) is 17.7 Å². The van der Waals surface area contributed by atoms with E-state index in [9.17, 15) is 13.2 Å². The van der Waals surface area contributed by atoms with Crippen molar-refractivity contribution in [2.75, 3.05) is 0 Å². The van der Waals surface area contributed by atoms with Crippen molar-refractivity contribution in [3.05, 3.63) is 52.5 Å². The number of aryl methyl sites for hydroxylation is 1. The number of halogens is 1. The lowest BCUT2D eigenvalue weighted by Crippen LogP contribution is -2.31. The van der Waals surface area contributed by atoms with Crippen LogP contribution < -0.4 is 4.72 Å². The van der Waals surface area contributed by atoms with Gasteiger partial charge < -0.3 is 4.57 Å². The zero-order valence-electron chi connectivity index (χ0n) is 12.1. The van der Waals surface area contributed by atoms with Crippen LogP contribution in [0, 0.1) is 0 Å². The standard InChI is InChI=1S/C15H13ClN2O3S2/c1-2-18-11-6-4-3-5-10(11)9-12(18)15(19)17-23(20,21)14-8-7-13(16)22-14/h3-9H,2H2,1H3,(H,17,19). The van der Waals surface area contributed by atoms with E-state index in [0.717, 1.165) is 22.2 Å². The van der Waals surface area contributed by atoms with Crippen LogP contribution in [0.3, 0.4) is 0 Å². The van der Waals surface area contributed by atoms with Crippen molar-refractivity contribution in [1.29, 1.82) is 0 Å². The molecule has 8 heteroatoms. The summed E-state index contributed by atoms with van der Waals surface area (Å²) in [6, 6.07) is 12.1. The first-order valence-electron chi connectivity index (χ1n) is 6.83. The minimum atomic E-state index is -3.93. The van der Waals surface area contributed by atoms with E-state index in [-0.39, 0.29) is 4.21 Å². The van der Waals surface area contributed by atoms with Gasteiger partial charge in [0.15, 0.2) is 0 Å². The highest BCUT2D eigenvalue weighted by Gasteiger charge is 2.23. The molecular weight excluding hydrogens is 356 g/mol. The lowest BCUT2D eigenvalue weighted by molar-refractivity contribution is 0.0973. The number of nitrogens with zero attached hydrogens (tertiary/aromatic N) is 1. The first kappa shape index (κ1) is 16.0. The number of fused-ring (bicyclic) bond motifs is 1. The van der Waals surface area contributed by atoms with E-state index < -0.39 is 15.9 Å². The quantitative estimate of drug-likeness (QED) is 0.766. The third-order valence-corrected chi connectivity index (χ3v) is 6.45. The van der Waals surface area contributed by atoms with Gasteiger partial charge >= 0.3 is 0 Å². The van der Waals surface area contributed by atoms with Crippen LogP contribution in [0.5, 0.6) is 0 Å². The Bertz CT molecular complexity index is 989. The van der Waals surface area contributed by atoms with Crippen molar-refractivity contribution >= 4 is 49.8 Å². The average molecular weight is 369 g/mol. The zero-order chi connectivity index (χ0) is 16.6. The highest BCUT2D eigenvalue weighted by Crippen LogP contribution is 2.26. The monoisotopic (exact) mass is 368 g/mol. The second-order valence-corrected chi connectivity index (χ2v) is 8.45. The van der Waals surface area contributed by atoms with E-state index in [4.69, 9.17) is 11.6 Å². The molecule has 0 fully saturated rings. The molecule has 0 saturated carbocycles. The maximum atomic E-state index is 12.5. The van der Waals surface area contributed by atoms with Gasteiger partial charge in [0.2, 0.25) is 0 Å². The second kappa shape index (κ2) is 5.99. The van der Waals surface area contributed by atoms with Gasteiger partial charge in [-0.25, -0.2) is 13.1 Å².